The predicted molar refractivity (Wildman–Crippen MR) is 65.8 cm³/mol. The second-order valence-electron chi connectivity index (χ2n) is 3.59. The Bertz CT molecular complexity index is 491. The molecule has 2 nitrogen and oxygen atoms in total. The molecule has 0 aliphatic carbocycles. The molecule has 96 valence electrons. The lowest BCUT2D eigenvalue weighted by atomic mass is 10.1. The topological polar surface area (TPSA) is 26.3 Å². The summed E-state index contributed by atoms with van der Waals surface area (Å²) in [6, 6.07) is 3.65. The molecule has 1 aromatic rings. The molecule has 4 heteroatoms. The summed E-state index contributed by atoms with van der Waals surface area (Å²) in [6.45, 7) is 3.77. The molecule has 0 aliphatic heterocycles. The van der Waals surface area contributed by atoms with E-state index < -0.39 is 17.6 Å². The van der Waals surface area contributed by atoms with Crippen molar-refractivity contribution in [2.75, 3.05) is 6.61 Å². The van der Waals surface area contributed by atoms with Gasteiger partial charge in [0.2, 0.25) is 0 Å². The van der Waals surface area contributed by atoms with E-state index in [2.05, 4.69) is 0 Å². The summed E-state index contributed by atoms with van der Waals surface area (Å²) in [5, 5.41) is 0. The van der Waals surface area contributed by atoms with Crippen molar-refractivity contribution in [2.45, 2.75) is 13.8 Å². The summed E-state index contributed by atoms with van der Waals surface area (Å²) in [6.07, 6.45) is 4.41. The maximum Gasteiger partial charge on any atom is 0.330 e. The minimum absolute atomic E-state index is 0.315. The number of carbonyl (C=O) groups excluding carboxylic acids is 1. The van der Waals surface area contributed by atoms with E-state index in [0.717, 1.165) is 17.7 Å². The van der Waals surface area contributed by atoms with Crippen molar-refractivity contribution in [3.8, 4) is 0 Å². The fourth-order valence-corrected chi connectivity index (χ4v) is 1.30. The van der Waals surface area contributed by atoms with Crippen LogP contribution in [0, 0.1) is 11.6 Å². The molecule has 0 aliphatic rings. The molecular formula is C14H14F2O2. The van der Waals surface area contributed by atoms with E-state index in [1.807, 2.05) is 0 Å². The van der Waals surface area contributed by atoms with Crippen LogP contribution in [0.25, 0.3) is 5.57 Å². The third kappa shape index (κ3) is 4.13. The molecule has 0 fully saturated rings. The number of hydrogen-bond donors (Lipinski definition) is 0. The number of esters is 1. The fraction of sp³-hybridized carbons (Fsp3) is 0.214. The Kier molecular flexibility index (Phi) is 5.24. The van der Waals surface area contributed by atoms with Crippen LogP contribution in [-0.2, 0) is 9.53 Å². The second-order valence-corrected chi connectivity index (χ2v) is 3.59. The quantitative estimate of drug-likeness (QED) is 0.466. The molecule has 0 heterocycles. The van der Waals surface area contributed by atoms with Crippen molar-refractivity contribution in [1.82, 2.24) is 0 Å². The molecule has 0 atom stereocenters. The maximum absolute atomic E-state index is 13.0. The minimum Gasteiger partial charge on any atom is -0.463 e. The van der Waals surface area contributed by atoms with Gasteiger partial charge in [-0.1, -0.05) is 18.2 Å². The normalized spacial score (nSPS) is 11.9. The first kappa shape index (κ1) is 14.1. The minimum atomic E-state index is -0.894. The summed E-state index contributed by atoms with van der Waals surface area (Å²) in [5.74, 6) is -2.21. The van der Waals surface area contributed by atoms with E-state index in [1.165, 1.54) is 18.2 Å². The smallest absolute Gasteiger partial charge is 0.330 e. The Balaban J connectivity index is 2.77. The molecule has 18 heavy (non-hydrogen) atoms. The molecule has 0 spiro atoms. The summed E-state index contributed by atoms with van der Waals surface area (Å²) >= 11 is 0. The van der Waals surface area contributed by atoms with Gasteiger partial charge < -0.3 is 4.74 Å². The van der Waals surface area contributed by atoms with Crippen molar-refractivity contribution in [3.63, 3.8) is 0 Å². The Morgan fingerprint density at radius 3 is 2.67 bits per heavy atom. The molecule has 0 aromatic heterocycles. The van der Waals surface area contributed by atoms with Gasteiger partial charge in [-0.05, 0) is 37.1 Å². The van der Waals surface area contributed by atoms with E-state index in [1.54, 1.807) is 19.9 Å². The van der Waals surface area contributed by atoms with Crippen LogP contribution in [-0.4, -0.2) is 12.6 Å². The molecule has 0 radical (unpaired) electrons. The fourth-order valence-electron chi connectivity index (χ4n) is 1.30. The van der Waals surface area contributed by atoms with Crippen LogP contribution in [0.15, 0.2) is 36.4 Å². The number of ether oxygens (including phenoxy) is 1. The van der Waals surface area contributed by atoms with E-state index in [4.69, 9.17) is 4.74 Å². The molecule has 0 saturated carbocycles. The molecule has 0 unspecified atom stereocenters. The molecule has 1 aromatic carbocycles. The highest BCUT2D eigenvalue weighted by Crippen LogP contribution is 2.16. The number of allylic oxidation sites excluding steroid dienone is 3. The molecule has 1 rings (SSSR count). The van der Waals surface area contributed by atoms with Gasteiger partial charge in [-0.3, -0.25) is 0 Å². The number of hydrogen-bond acceptors (Lipinski definition) is 2. The molecule has 0 N–H and O–H groups in total. The number of rotatable bonds is 4. The third-order valence-corrected chi connectivity index (χ3v) is 2.24. The van der Waals surface area contributed by atoms with Gasteiger partial charge in [-0.2, -0.15) is 0 Å². The van der Waals surface area contributed by atoms with Crippen LogP contribution in [0.1, 0.15) is 19.4 Å². The van der Waals surface area contributed by atoms with Crippen molar-refractivity contribution in [3.05, 3.63) is 53.6 Å². The molecule has 0 bridgehead atoms. The Morgan fingerprint density at radius 1 is 1.33 bits per heavy atom. The van der Waals surface area contributed by atoms with Crippen LogP contribution in [0.4, 0.5) is 8.78 Å². The number of halogens is 2. The first-order valence-electron chi connectivity index (χ1n) is 5.51. The van der Waals surface area contributed by atoms with Crippen molar-refractivity contribution >= 4 is 11.5 Å². The Hall–Kier alpha value is -1.97. The largest absolute Gasteiger partial charge is 0.463 e. The van der Waals surface area contributed by atoms with Crippen LogP contribution in [0.5, 0.6) is 0 Å². The summed E-state index contributed by atoms with van der Waals surface area (Å²) in [7, 11) is 0. The lowest BCUT2D eigenvalue weighted by Gasteiger charge is -2.01. The van der Waals surface area contributed by atoms with E-state index in [0.29, 0.717) is 12.2 Å². The highest BCUT2D eigenvalue weighted by atomic mass is 19.2. The Morgan fingerprint density at radius 2 is 2.06 bits per heavy atom. The summed E-state index contributed by atoms with van der Waals surface area (Å²) < 4.78 is 30.4. The zero-order chi connectivity index (χ0) is 13.5. The van der Waals surface area contributed by atoms with Gasteiger partial charge in [0.15, 0.2) is 11.6 Å². The van der Waals surface area contributed by atoms with Gasteiger partial charge in [0.25, 0.3) is 0 Å². The van der Waals surface area contributed by atoms with Crippen molar-refractivity contribution < 1.29 is 18.3 Å². The van der Waals surface area contributed by atoms with Gasteiger partial charge in [-0.15, -0.1) is 0 Å². The van der Waals surface area contributed by atoms with Crippen LogP contribution < -0.4 is 0 Å². The predicted octanol–water partition coefficient (Wildman–Crippen LogP) is 3.49. The summed E-state index contributed by atoms with van der Waals surface area (Å²) in [4.78, 5) is 11.0. The molecule has 0 amide bonds. The average molecular weight is 252 g/mol. The molecular weight excluding hydrogens is 238 g/mol. The van der Waals surface area contributed by atoms with Gasteiger partial charge >= 0.3 is 5.97 Å². The zero-order valence-electron chi connectivity index (χ0n) is 10.2. The van der Waals surface area contributed by atoms with Gasteiger partial charge in [-0.25, -0.2) is 13.6 Å². The second kappa shape index (κ2) is 6.69. The lowest BCUT2D eigenvalue weighted by Crippen LogP contribution is -1.98. The summed E-state index contributed by atoms with van der Waals surface area (Å²) in [5.41, 5.74) is 1.27. The van der Waals surface area contributed by atoms with E-state index in [9.17, 15) is 13.6 Å². The third-order valence-electron chi connectivity index (χ3n) is 2.24. The zero-order valence-corrected chi connectivity index (χ0v) is 10.2. The highest BCUT2D eigenvalue weighted by molar-refractivity contribution is 5.82. The SMILES string of the molecule is CCOC(=O)C=CC=C(C)c1ccc(F)c(F)c1. The maximum atomic E-state index is 13.0. The molecule has 0 saturated heterocycles. The first-order valence-corrected chi connectivity index (χ1v) is 5.51. The van der Waals surface area contributed by atoms with Gasteiger partial charge in [0.1, 0.15) is 0 Å². The van der Waals surface area contributed by atoms with E-state index in [-0.39, 0.29) is 0 Å². The first-order chi connectivity index (χ1) is 8.54. The average Bonchev–Trinajstić information content (AvgIpc) is 2.33. The standard InChI is InChI=1S/C14H14F2O2/c1-3-18-14(17)6-4-5-10(2)11-7-8-12(15)13(16)9-11/h4-9H,3H2,1-2H3. The number of carbonyl (C=O) groups is 1. The number of benzene rings is 1. The van der Waals surface area contributed by atoms with Crippen LogP contribution in [0.2, 0.25) is 0 Å². The van der Waals surface area contributed by atoms with Crippen LogP contribution >= 0.6 is 0 Å². The van der Waals surface area contributed by atoms with Crippen LogP contribution in [0.3, 0.4) is 0 Å². The van der Waals surface area contributed by atoms with E-state index >= 15 is 0 Å². The van der Waals surface area contributed by atoms with Crippen molar-refractivity contribution in [1.29, 1.82) is 0 Å². The van der Waals surface area contributed by atoms with Gasteiger partial charge in [0.05, 0.1) is 6.61 Å². The lowest BCUT2D eigenvalue weighted by molar-refractivity contribution is -0.137. The Labute approximate surface area is 105 Å². The van der Waals surface area contributed by atoms with Crippen molar-refractivity contribution in [2.24, 2.45) is 0 Å². The van der Waals surface area contributed by atoms with Gasteiger partial charge in [0, 0.05) is 6.08 Å². The monoisotopic (exact) mass is 252 g/mol. The highest BCUT2D eigenvalue weighted by Gasteiger charge is 2.03.